The Kier molecular flexibility index (Phi) is 3.77. The SMILES string of the molecule is CC1CN(Cc2ccc(C(=O)O)cc2)CCC1=O. The first-order valence-electron chi connectivity index (χ1n) is 6.13. The van der Waals surface area contributed by atoms with Gasteiger partial charge < -0.3 is 5.11 Å². The molecule has 1 heterocycles. The molecular formula is C14H17NO3. The van der Waals surface area contributed by atoms with Crippen LogP contribution in [-0.2, 0) is 11.3 Å². The zero-order chi connectivity index (χ0) is 13.1. The number of carboxylic acids is 1. The molecule has 18 heavy (non-hydrogen) atoms. The topological polar surface area (TPSA) is 57.6 Å². The van der Waals surface area contributed by atoms with Crippen LogP contribution in [0.1, 0.15) is 29.3 Å². The Morgan fingerprint density at radius 3 is 2.61 bits per heavy atom. The lowest BCUT2D eigenvalue weighted by molar-refractivity contribution is -0.125. The van der Waals surface area contributed by atoms with Crippen molar-refractivity contribution in [2.45, 2.75) is 19.9 Å². The molecule has 4 nitrogen and oxygen atoms in total. The summed E-state index contributed by atoms with van der Waals surface area (Å²) in [4.78, 5) is 24.4. The van der Waals surface area contributed by atoms with Crippen LogP contribution in [0.25, 0.3) is 0 Å². The molecule has 1 fully saturated rings. The molecule has 1 atom stereocenters. The maximum atomic E-state index is 11.4. The molecule has 1 aliphatic heterocycles. The van der Waals surface area contributed by atoms with E-state index in [-0.39, 0.29) is 5.92 Å². The number of carboxylic acid groups (broad SMARTS) is 1. The van der Waals surface area contributed by atoms with E-state index in [4.69, 9.17) is 5.11 Å². The van der Waals surface area contributed by atoms with Crippen LogP contribution in [0.2, 0.25) is 0 Å². The van der Waals surface area contributed by atoms with E-state index >= 15 is 0 Å². The van der Waals surface area contributed by atoms with Crippen molar-refractivity contribution in [1.82, 2.24) is 4.90 Å². The second-order valence-electron chi connectivity index (χ2n) is 4.85. The van der Waals surface area contributed by atoms with Gasteiger partial charge in [0, 0.05) is 32.0 Å². The number of likely N-dealkylation sites (tertiary alicyclic amines) is 1. The van der Waals surface area contributed by atoms with Crippen LogP contribution in [0, 0.1) is 5.92 Å². The molecule has 0 saturated carbocycles. The van der Waals surface area contributed by atoms with Gasteiger partial charge in [-0.05, 0) is 17.7 Å². The summed E-state index contributed by atoms with van der Waals surface area (Å²) < 4.78 is 0. The first-order valence-corrected chi connectivity index (χ1v) is 6.13. The number of Topliss-reactive ketones (excluding diaryl/α,β-unsaturated/α-hetero) is 1. The number of carbonyl (C=O) groups excluding carboxylic acids is 1. The molecule has 0 aromatic heterocycles. The Labute approximate surface area is 106 Å². The fourth-order valence-corrected chi connectivity index (χ4v) is 2.25. The highest BCUT2D eigenvalue weighted by Gasteiger charge is 2.23. The lowest BCUT2D eigenvalue weighted by atomic mass is 9.98. The summed E-state index contributed by atoms with van der Waals surface area (Å²) in [5, 5.41) is 8.81. The molecule has 0 radical (unpaired) electrons. The van der Waals surface area contributed by atoms with E-state index in [9.17, 15) is 9.59 Å². The van der Waals surface area contributed by atoms with Gasteiger partial charge in [0.2, 0.25) is 0 Å². The summed E-state index contributed by atoms with van der Waals surface area (Å²) in [6.07, 6.45) is 0.619. The number of piperidine rings is 1. The van der Waals surface area contributed by atoms with Gasteiger partial charge in [-0.3, -0.25) is 9.69 Å². The minimum absolute atomic E-state index is 0.108. The molecule has 0 bridgehead atoms. The molecule has 4 heteroatoms. The second kappa shape index (κ2) is 5.31. The fraction of sp³-hybridized carbons (Fsp3) is 0.429. The van der Waals surface area contributed by atoms with Crippen molar-refractivity contribution >= 4 is 11.8 Å². The van der Waals surface area contributed by atoms with Crippen molar-refractivity contribution < 1.29 is 14.7 Å². The highest BCUT2D eigenvalue weighted by atomic mass is 16.4. The number of nitrogens with zero attached hydrogens (tertiary/aromatic N) is 1. The van der Waals surface area contributed by atoms with Crippen molar-refractivity contribution in [2.75, 3.05) is 13.1 Å². The summed E-state index contributed by atoms with van der Waals surface area (Å²) >= 11 is 0. The predicted octanol–water partition coefficient (Wildman–Crippen LogP) is 1.80. The van der Waals surface area contributed by atoms with Crippen LogP contribution >= 0.6 is 0 Å². The molecule has 1 aromatic rings. The Morgan fingerprint density at radius 1 is 1.39 bits per heavy atom. The lowest BCUT2D eigenvalue weighted by Crippen LogP contribution is -2.38. The van der Waals surface area contributed by atoms with Crippen LogP contribution in [-0.4, -0.2) is 34.8 Å². The van der Waals surface area contributed by atoms with Gasteiger partial charge in [-0.15, -0.1) is 0 Å². The number of ketones is 1. The third-order valence-electron chi connectivity index (χ3n) is 3.36. The average Bonchev–Trinajstić information content (AvgIpc) is 2.34. The zero-order valence-electron chi connectivity index (χ0n) is 10.4. The van der Waals surface area contributed by atoms with E-state index in [1.807, 2.05) is 19.1 Å². The minimum Gasteiger partial charge on any atom is -0.478 e. The molecule has 1 unspecified atom stereocenters. The molecule has 1 aromatic carbocycles. The first kappa shape index (κ1) is 12.8. The molecule has 1 aliphatic rings. The number of aromatic carboxylic acids is 1. The lowest BCUT2D eigenvalue weighted by Gasteiger charge is -2.29. The van der Waals surface area contributed by atoms with Crippen LogP contribution < -0.4 is 0 Å². The monoisotopic (exact) mass is 247 g/mol. The van der Waals surface area contributed by atoms with E-state index in [0.29, 0.717) is 17.8 Å². The van der Waals surface area contributed by atoms with Gasteiger partial charge in [-0.2, -0.15) is 0 Å². The van der Waals surface area contributed by atoms with Crippen molar-refractivity contribution in [1.29, 1.82) is 0 Å². The van der Waals surface area contributed by atoms with Gasteiger partial charge in [0.05, 0.1) is 5.56 Å². The highest BCUT2D eigenvalue weighted by molar-refractivity contribution is 5.87. The summed E-state index contributed by atoms with van der Waals surface area (Å²) in [6.45, 7) is 4.32. The third-order valence-corrected chi connectivity index (χ3v) is 3.36. The van der Waals surface area contributed by atoms with Gasteiger partial charge in [-0.1, -0.05) is 19.1 Å². The predicted molar refractivity (Wildman–Crippen MR) is 67.5 cm³/mol. The quantitative estimate of drug-likeness (QED) is 0.884. The molecular weight excluding hydrogens is 230 g/mol. The standard InChI is InChI=1S/C14H17NO3/c1-10-8-15(7-6-13(10)16)9-11-2-4-12(5-3-11)14(17)18/h2-5,10H,6-9H2,1H3,(H,17,18). The Bertz CT molecular complexity index is 453. The fourth-order valence-electron chi connectivity index (χ4n) is 2.25. The second-order valence-corrected chi connectivity index (χ2v) is 4.85. The van der Waals surface area contributed by atoms with Gasteiger partial charge >= 0.3 is 5.97 Å². The van der Waals surface area contributed by atoms with Crippen LogP contribution in [0.4, 0.5) is 0 Å². The van der Waals surface area contributed by atoms with Gasteiger partial charge in [-0.25, -0.2) is 4.79 Å². The minimum atomic E-state index is -0.904. The van der Waals surface area contributed by atoms with Crippen LogP contribution in [0.3, 0.4) is 0 Å². The molecule has 1 N–H and O–H groups in total. The largest absolute Gasteiger partial charge is 0.478 e. The number of hydrogen-bond donors (Lipinski definition) is 1. The Balaban J connectivity index is 1.97. The molecule has 2 rings (SSSR count). The number of rotatable bonds is 3. The van der Waals surface area contributed by atoms with E-state index in [1.165, 1.54) is 0 Å². The van der Waals surface area contributed by atoms with E-state index in [0.717, 1.165) is 25.2 Å². The van der Waals surface area contributed by atoms with E-state index in [1.54, 1.807) is 12.1 Å². The maximum absolute atomic E-state index is 11.4. The van der Waals surface area contributed by atoms with Gasteiger partial charge in [0.25, 0.3) is 0 Å². The average molecular weight is 247 g/mol. The van der Waals surface area contributed by atoms with Crippen molar-refractivity contribution in [2.24, 2.45) is 5.92 Å². The molecule has 0 aliphatic carbocycles. The van der Waals surface area contributed by atoms with Crippen LogP contribution in [0.5, 0.6) is 0 Å². The summed E-state index contributed by atoms with van der Waals surface area (Å²) in [7, 11) is 0. The number of benzene rings is 1. The Morgan fingerprint density at radius 2 is 2.06 bits per heavy atom. The zero-order valence-corrected chi connectivity index (χ0v) is 10.4. The first-order chi connectivity index (χ1) is 8.56. The summed E-state index contributed by atoms with van der Waals surface area (Å²) in [6, 6.07) is 6.92. The molecule has 96 valence electrons. The Hall–Kier alpha value is -1.68. The maximum Gasteiger partial charge on any atom is 0.335 e. The van der Waals surface area contributed by atoms with Crippen molar-refractivity contribution in [3.63, 3.8) is 0 Å². The molecule has 0 spiro atoms. The number of carbonyl (C=O) groups is 2. The van der Waals surface area contributed by atoms with Gasteiger partial charge in [0.1, 0.15) is 5.78 Å². The molecule has 0 amide bonds. The van der Waals surface area contributed by atoms with E-state index in [2.05, 4.69) is 4.90 Å². The smallest absolute Gasteiger partial charge is 0.335 e. The van der Waals surface area contributed by atoms with Crippen molar-refractivity contribution in [3.8, 4) is 0 Å². The number of hydrogen-bond acceptors (Lipinski definition) is 3. The highest BCUT2D eigenvalue weighted by Crippen LogP contribution is 2.15. The van der Waals surface area contributed by atoms with Crippen LogP contribution in [0.15, 0.2) is 24.3 Å². The van der Waals surface area contributed by atoms with Crippen molar-refractivity contribution in [3.05, 3.63) is 35.4 Å². The van der Waals surface area contributed by atoms with Gasteiger partial charge in [0.15, 0.2) is 0 Å². The summed E-state index contributed by atoms with van der Waals surface area (Å²) in [5.74, 6) is -0.455. The molecule has 1 saturated heterocycles. The normalized spacial score (nSPS) is 20.9. The van der Waals surface area contributed by atoms with E-state index < -0.39 is 5.97 Å². The third kappa shape index (κ3) is 2.96. The summed E-state index contributed by atoms with van der Waals surface area (Å²) in [5.41, 5.74) is 1.39.